The van der Waals surface area contributed by atoms with Crippen LogP contribution in [0.2, 0.25) is 0 Å². The average molecular weight is 242 g/mol. The zero-order chi connectivity index (χ0) is 13.2. The van der Waals surface area contributed by atoms with E-state index in [1.54, 1.807) is 0 Å². The second-order valence-corrected chi connectivity index (χ2v) is 5.28. The molecule has 1 fully saturated rings. The van der Waals surface area contributed by atoms with Crippen molar-refractivity contribution in [2.45, 2.75) is 39.0 Å². The monoisotopic (exact) mass is 242 g/mol. The SMILES string of the molecule is CC(C)c1cccc(NC(=O)C2(C#N)CCC2)c1. The molecule has 2 rings (SSSR count). The van der Waals surface area contributed by atoms with Gasteiger partial charge in [0.2, 0.25) is 5.91 Å². The van der Waals surface area contributed by atoms with Crippen molar-refractivity contribution in [3.63, 3.8) is 0 Å². The normalized spacial score (nSPS) is 16.8. The van der Waals surface area contributed by atoms with Gasteiger partial charge in [-0.3, -0.25) is 4.79 Å². The van der Waals surface area contributed by atoms with E-state index < -0.39 is 5.41 Å². The number of nitrogens with one attached hydrogen (secondary N) is 1. The Morgan fingerprint density at radius 2 is 2.17 bits per heavy atom. The Hall–Kier alpha value is -1.82. The molecule has 1 N–H and O–H groups in total. The summed E-state index contributed by atoms with van der Waals surface area (Å²) in [4.78, 5) is 12.1. The molecule has 0 radical (unpaired) electrons. The van der Waals surface area contributed by atoms with E-state index in [0.717, 1.165) is 12.1 Å². The Labute approximate surface area is 108 Å². The van der Waals surface area contributed by atoms with E-state index in [9.17, 15) is 4.79 Å². The van der Waals surface area contributed by atoms with E-state index in [4.69, 9.17) is 5.26 Å². The minimum Gasteiger partial charge on any atom is -0.325 e. The molecule has 1 amide bonds. The Morgan fingerprint density at radius 1 is 1.44 bits per heavy atom. The summed E-state index contributed by atoms with van der Waals surface area (Å²) >= 11 is 0. The van der Waals surface area contributed by atoms with Crippen LogP contribution in [0, 0.1) is 16.7 Å². The number of hydrogen-bond donors (Lipinski definition) is 1. The van der Waals surface area contributed by atoms with E-state index in [1.165, 1.54) is 5.56 Å². The number of amides is 1. The molecule has 1 saturated carbocycles. The highest BCUT2D eigenvalue weighted by atomic mass is 16.2. The number of hydrogen-bond acceptors (Lipinski definition) is 2. The third-order valence-electron chi connectivity index (χ3n) is 3.67. The topological polar surface area (TPSA) is 52.9 Å². The molecule has 94 valence electrons. The first-order valence-electron chi connectivity index (χ1n) is 6.40. The lowest BCUT2D eigenvalue weighted by atomic mass is 9.69. The van der Waals surface area contributed by atoms with Crippen LogP contribution >= 0.6 is 0 Å². The van der Waals surface area contributed by atoms with Crippen LogP contribution in [0.3, 0.4) is 0 Å². The molecular formula is C15H18N2O. The summed E-state index contributed by atoms with van der Waals surface area (Å²) in [5.74, 6) is 0.271. The van der Waals surface area contributed by atoms with Gasteiger partial charge in [0.1, 0.15) is 5.41 Å². The van der Waals surface area contributed by atoms with Crippen LogP contribution < -0.4 is 5.32 Å². The first kappa shape index (κ1) is 12.6. The van der Waals surface area contributed by atoms with Crippen LogP contribution in [0.25, 0.3) is 0 Å². The van der Waals surface area contributed by atoms with Crippen molar-refractivity contribution in [1.29, 1.82) is 5.26 Å². The van der Waals surface area contributed by atoms with Gasteiger partial charge < -0.3 is 5.32 Å². The number of nitrogens with zero attached hydrogens (tertiary/aromatic N) is 1. The van der Waals surface area contributed by atoms with Crippen molar-refractivity contribution < 1.29 is 4.79 Å². The lowest BCUT2D eigenvalue weighted by Gasteiger charge is -2.33. The van der Waals surface area contributed by atoms with Crippen LogP contribution in [0.4, 0.5) is 5.69 Å². The molecule has 1 aromatic carbocycles. The van der Waals surface area contributed by atoms with Crippen molar-refractivity contribution in [3.8, 4) is 6.07 Å². The summed E-state index contributed by atoms with van der Waals surface area (Å²) < 4.78 is 0. The molecule has 18 heavy (non-hydrogen) atoms. The third-order valence-corrected chi connectivity index (χ3v) is 3.67. The number of benzene rings is 1. The Bertz CT molecular complexity index is 495. The molecule has 0 bridgehead atoms. The van der Waals surface area contributed by atoms with Crippen LogP contribution in [0.5, 0.6) is 0 Å². The molecular weight excluding hydrogens is 224 g/mol. The number of anilines is 1. The van der Waals surface area contributed by atoms with Gasteiger partial charge in [0.05, 0.1) is 6.07 Å². The molecule has 1 aliphatic carbocycles. The summed E-state index contributed by atoms with van der Waals surface area (Å²) in [5, 5.41) is 12.0. The summed E-state index contributed by atoms with van der Waals surface area (Å²) in [7, 11) is 0. The van der Waals surface area contributed by atoms with Crippen molar-refractivity contribution in [3.05, 3.63) is 29.8 Å². The highest BCUT2D eigenvalue weighted by molar-refractivity contribution is 5.97. The lowest BCUT2D eigenvalue weighted by Crippen LogP contribution is -2.40. The number of carbonyl (C=O) groups excluding carboxylic acids is 1. The molecule has 3 nitrogen and oxygen atoms in total. The predicted molar refractivity (Wildman–Crippen MR) is 71.1 cm³/mol. The molecule has 0 spiro atoms. The van der Waals surface area contributed by atoms with Crippen molar-refractivity contribution in [2.24, 2.45) is 5.41 Å². The van der Waals surface area contributed by atoms with Gasteiger partial charge in [-0.1, -0.05) is 26.0 Å². The van der Waals surface area contributed by atoms with Crippen molar-refractivity contribution in [1.82, 2.24) is 0 Å². The molecule has 0 saturated heterocycles. The Morgan fingerprint density at radius 3 is 2.67 bits per heavy atom. The number of nitriles is 1. The van der Waals surface area contributed by atoms with Crippen molar-refractivity contribution in [2.75, 3.05) is 5.32 Å². The first-order chi connectivity index (χ1) is 8.57. The largest absolute Gasteiger partial charge is 0.325 e. The highest BCUT2D eigenvalue weighted by Crippen LogP contribution is 2.41. The van der Waals surface area contributed by atoms with Crippen LogP contribution in [0.15, 0.2) is 24.3 Å². The van der Waals surface area contributed by atoms with E-state index in [1.807, 2.05) is 24.3 Å². The minimum absolute atomic E-state index is 0.155. The summed E-state index contributed by atoms with van der Waals surface area (Å²) in [5.41, 5.74) is 1.19. The summed E-state index contributed by atoms with van der Waals surface area (Å²) in [6, 6.07) is 9.99. The molecule has 0 unspecified atom stereocenters. The Balaban J connectivity index is 2.12. The average Bonchev–Trinajstić information content (AvgIpc) is 2.28. The summed E-state index contributed by atoms with van der Waals surface area (Å²) in [6.45, 7) is 4.23. The summed E-state index contributed by atoms with van der Waals surface area (Å²) in [6.07, 6.45) is 2.32. The number of carbonyl (C=O) groups is 1. The fourth-order valence-electron chi connectivity index (χ4n) is 2.15. The van der Waals surface area contributed by atoms with Crippen LogP contribution in [-0.2, 0) is 4.79 Å². The Kier molecular flexibility index (Phi) is 3.38. The minimum atomic E-state index is -0.784. The van der Waals surface area contributed by atoms with Gasteiger partial charge in [-0.05, 0) is 42.9 Å². The van der Waals surface area contributed by atoms with Crippen LogP contribution in [-0.4, -0.2) is 5.91 Å². The van der Waals surface area contributed by atoms with Crippen molar-refractivity contribution >= 4 is 11.6 Å². The van der Waals surface area contributed by atoms with Gasteiger partial charge in [-0.2, -0.15) is 5.26 Å². The van der Waals surface area contributed by atoms with Gasteiger partial charge in [-0.15, -0.1) is 0 Å². The van der Waals surface area contributed by atoms with E-state index in [0.29, 0.717) is 18.8 Å². The third kappa shape index (κ3) is 2.24. The zero-order valence-corrected chi connectivity index (χ0v) is 10.9. The smallest absolute Gasteiger partial charge is 0.244 e. The van der Waals surface area contributed by atoms with Gasteiger partial charge in [-0.25, -0.2) is 0 Å². The van der Waals surface area contributed by atoms with Crippen LogP contribution in [0.1, 0.15) is 44.6 Å². The fraction of sp³-hybridized carbons (Fsp3) is 0.467. The quantitative estimate of drug-likeness (QED) is 0.882. The molecule has 1 aliphatic rings. The molecule has 0 aliphatic heterocycles. The van der Waals surface area contributed by atoms with E-state index >= 15 is 0 Å². The van der Waals surface area contributed by atoms with E-state index in [2.05, 4.69) is 25.2 Å². The molecule has 3 heteroatoms. The van der Waals surface area contributed by atoms with Gasteiger partial charge in [0.25, 0.3) is 0 Å². The first-order valence-corrected chi connectivity index (χ1v) is 6.40. The van der Waals surface area contributed by atoms with E-state index in [-0.39, 0.29) is 5.91 Å². The fourth-order valence-corrected chi connectivity index (χ4v) is 2.15. The lowest BCUT2D eigenvalue weighted by molar-refractivity contribution is -0.126. The molecule has 1 aromatic rings. The highest BCUT2D eigenvalue weighted by Gasteiger charge is 2.44. The molecule has 0 aromatic heterocycles. The maximum Gasteiger partial charge on any atom is 0.244 e. The molecule has 0 atom stereocenters. The maximum atomic E-state index is 12.1. The standard InChI is InChI=1S/C15H18N2O/c1-11(2)12-5-3-6-13(9-12)17-14(18)15(10-16)7-4-8-15/h3,5-6,9,11H,4,7-8H2,1-2H3,(H,17,18). The second-order valence-electron chi connectivity index (χ2n) is 5.28. The zero-order valence-electron chi connectivity index (χ0n) is 10.9. The second kappa shape index (κ2) is 4.81. The van der Waals surface area contributed by atoms with Gasteiger partial charge in [0, 0.05) is 5.69 Å². The maximum absolute atomic E-state index is 12.1. The molecule has 0 heterocycles. The predicted octanol–water partition coefficient (Wildman–Crippen LogP) is 3.44. The number of rotatable bonds is 3. The van der Waals surface area contributed by atoms with Gasteiger partial charge >= 0.3 is 0 Å². The van der Waals surface area contributed by atoms with Gasteiger partial charge in [0.15, 0.2) is 0 Å².